The van der Waals surface area contributed by atoms with Gasteiger partial charge in [-0.3, -0.25) is 0 Å². The number of hydrogen-bond acceptors (Lipinski definition) is 6. The molecule has 0 amide bonds. The maximum Gasteiger partial charge on any atom is 0.488 e. The van der Waals surface area contributed by atoms with Crippen LogP contribution in [0.5, 0.6) is 0 Å². The summed E-state index contributed by atoms with van der Waals surface area (Å²) in [7, 11) is -1.63. The second kappa shape index (κ2) is 6.90. The number of benzene rings is 1. The van der Waals surface area contributed by atoms with Crippen molar-refractivity contribution >= 4 is 24.2 Å². The van der Waals surface area contributed by atoms with Crippen LogP contribution in [0.25, 0.3) is 0 Å². The first kappa shape index (κ1) is 17.8. The number of rotatable bonds is 3. The number of anilines is 1. The highest BCUT2D eigenvalue weighted by atomic mass is 16.6. The van der Waals surface area contributed by atoms with Gasteiger partial charge in [0.1, 0.15) is 5.60 Å². The third-order valence-electron chi connectivity index (χ3n) is 3.81. The molecule has 0 aliphatic carbocycles. The fraction of sp³-hybridized carbons (Fsp3) is 0.562. The molecule has 1 saturated heterocycles. The quantitative estimate of drug-likeness (QED) is 0.539. The molecule has 7 heteroatoms. The van der Waals surface area contributed by atoms with Crippen LogP contribution in [0.1, 0.15) is 36.7 Å². The maximum atomic E-state index is 12.5. The minimum absolute atomic E-state index is 0.335. The van der Waals surface area contributed by atoms with Crippen molar-refractivity contribution in [3.63, 3.8) is 0 Å². The molecule has 2 rings (SSSR count). The van der Waals surface area contributed by atoms with Crippen LogP contribution < -0.4 is 15.7 Å². The second-order valence-electron chi connectivity index (χ2n) is 6.82. The van der Waals surface area contributed by atoms with Gasteiger partial charge in [0, 0.05) is 31.9 Å². The second-order valence-corrected chi connectivity index (χ2v) is 6.82. The number of esters is 1. The van der Waals surface area contributed by atoms with E-state index in [0.29, 0.717) is 16.6 Å². The van der Waals surface area contributed by atoms with E-state index in [0.717, 1.165) is 31.9 Å². The summed E-state index contributed by atoms with van der Waals surface area (Å²) in [6.45, 7) is 10.4. The minimum Gasteiger partial charge on any atom is -0.456 e. The van der Waals surface area contributed by atoms with Crippen molar-refractivity contribution in [3.05, 3.63) is 23.3 Å². The molecule has 0 aromatic heterocycles. The number of piperazine rings is 1. The summed E-state index contributed by atoms with van der Waals surface area (Å²) in [5, 5.41) is 22.5. The van der Waals surface area contributed by atoms with Gasteiger partial charge in [-0.2, -0.15) is 0 Å². The van der Waals surface area contributed by atoms with Crippen molar-refractivity contribution in [2.45, 2.75) is 33.3 Å². The summed E-state index contributed by atoms with van der Waals surface area (Å²) >= 11 is 0. The predicted octanol–water partition coefficient (Wildman–Crippen LogP) is 0.0397. The van der Waals surface area contributed by atoms with E-state index in [2.05, 4.69) is 10.2 Å². The highest BCUT2D eigenvalue weighted by Gasteiger charge is 2.26. The molecule has 1 aliphatic heterocycles. The molecule has 126 valence electrons. The predicted molar refractivity (Wildman–Crippen MR) is 91.3 cm³/mol. The molecule has 0 unspecified atom stereocenters. The zero-order valence-electron chi connectivity index (χ0n) is 14.2. The standard InChI is InChI=1S/C16H25BN2O4/c1-11-13(15(20)23-16(2,3)4)9-12(10-14(11)17(21)22)19-7-5-18-6-8-19/h9-10,18,21-22H,5-8H2,1-4H3. The number of ether oxygens (including phenoxy) is 1. The number of hydrogen-bond donors (Lipinski definition) is 3. The Morgan fingerprint density at radius 3 is 2.39 bits per heavy atom. The maximum absolute atomic E-state index is 12.5. The highest BCUT2D eigenvalue weighted by Crippen LogP contribution is 2.21. The molecule has 1 heterocycles. The lowest BCUT2D eigenvalue weighted by Gasteiger charge is -2.31. The van der Waals surface area contributed by atoms with Crippen LogP contribution in [0.4, 0.5) is 5.69 Å². The molecule has 0 saturated carbocycles. The van der Waals surface area contributed by atoms with Gasteiger partial charge in [-0.05, 0) is 50.9 Å². The third kappa shape index (κ3) is 4.47. The molecule has 6 nitrogen and oxygen atoms in total. The fourth-order valence-corrected chi connectivity index (χ4v) is 2.64. The number of carbonyl (C=O) groups is 1. The van der Waals surface area contributed by atoms with Crippen LogP contribution >= 0.6 is 0 Å². The summed E-state index contributed by atoms with van der Waals surface area (Å²) in [6.07, 6.45) is 0. The fourth-order valence-electron chi connectivity index (χ4n) is 2.64. The summed E-state index contributed by atoms with van der Waals surface area (Å²) in [5.41, 5.74) is 1.45. The van der Waals surface area contributed by atoms with E-state index in [1.165, 1.54) is 0 Å². The van der Waals surface area contributed by atoms with Crippen LogP contribution in [0.15, 0.2) is 12.1 Å². The molecule has 0 radical (unpaired) electrons. The van der Waals surface area contributed by atoms with Gasteiger partial charge in [0.15, 0.2) is 0 Å². The SMILES string of the molecule is Cc1c(B(O)O)cc(N2CCNCC2)cc1C(=O)OC(C)(C)C. The molecule has 23 heavy (non-hydrogen) atoms. The molecular formula is C16H25BN2O4. The van der Waals surface area contributed by atoms with E-state index >= 15 is 0 Å². The minimum atomic E-state index is -1.63. The van der Waals surface area contributed by atoms with Crippen molar-refractivity contribution in [2.24, 2.45) is 0 Å². The number of nitrogens with zero attached hydrogens (tertiary/aromatic N) is 1. The summed E-state index contributed by atoms with van der Waals surface area (Å²) in [6, 6.07) is 3.51. The molecule has 3 N–H and O–H groups in total. The first-order valence-corrected chi connectivity index (χ1v) is 7.89. The van der Waals surface area contributed by atoms with E-state index in [1.807, 2.05) is 20.8 Å². The molecule has 1 fully saturated rings. The Balaban J connectivity index is 2.43. The average Bonchev–Trinajstić information content (AvgIpc) is 2.46. The Morgan fingerprint density at radius 1 is 1.26 bits per heavy atom. The largest absolute Gasteiger partial charge is 0.488 e. The third-order valence-corrected chi connectivity index (χ3v) is 3.81. The van der Waals surface area contributed by atoms with E-state index in [4.69, 9.17) is 4.74 Å². The molecule has 0 spiro atoms. The molecular weight excluding hydrogens is 295 g/mol. The molecule has 1 aromatic rings. The lowest BCUT2D eigenvalue weighted by molar-refractivity contribution is 0.00689. The number of carbonyl (C=O) groups excluding carboxylic acids is 1. The van der Waals surface area contributed by atoms with Crippen molar-refractivity contribution in [2.75, 3.05) is 31.1 Å². The van der Waals surface area contributed by atoms with Crippen LogP contribution in [0.3, 0.4) is 0 Å². The van der Waals surface area contributed by atoms with Crippen molar-refractivity contribution in [1.29, 1.82) is 0 Å². The van der Waals surface area contributed by atoms with Crippen LogP contribution in [0, 0.1) is 6.92 Å². The Labute approximate surface area is 137 Å². The van der Waals surface area contributed by atoms with E-state index in [9.17, 15) is 14.8 Å². The highest BCUT2D eigenvalue weighted by molar-refractivity contribution is 6.59. The Kier molecular flexibility index (Phi) is 5.34. The van der Waals surface area contributed by atoms with Gasteiger partial charge in [0.05, 0.1) is 5.56 Å². The average molecular weight is 320 g/mol. The zero-order valence-corrected chi connectivity index (χ0v) is 14.2. The van der Waals surface area contributed by atoms with E-state index in [1.54, 1.807) is 19.1 Å². The Bertz CT molecular complexity index is 578. The smallest absolute Gasteiger partial charge is 0.456 e. The van der Waals surface area contributed by atoms with Crippen LogP contribution in [-0.2, 0) is 4.74 Å². The molecule has 0 bridgehead atoms. The van der Waals surface area contributed by atoms with Crippen molar-refractivity contribution in [3.8, 4) is 0 Å². The van der Waals surface area contributed by atoms with Gasteiger partial charge in [-0.1, -0.05) is 0 Å². The van der Waals surface area contributed by atoms with E-state index in [-0.39, 0.29) is 0 Å². The van der Waals surface area contributed by atoms with Crippen LogP contribution in [0.2, 0.25) is 0 Å². The summed E-state index contributed by atoms with van der Waals surface area (Å²) in [4.78, 5) is 14.6. The normalized spacial score (nSPS) is 15.5. The summed E-state index contributed by atoms with van der Waals surface area (Å²) in [5.74, 6) is -0.450. The Morgan fingerprint density at radius 2 is 1.87 bits per heavy atom. The lowest BCUT2D eigenvalue weighted by atomic mass is 9.75. The van der Waals surface area contributed by atoms with Gasteiger partial charge in [-0.15, -0.1) is 0 Å². The molecule has 0 atom stereocenters. The lowest BCUT2D eigenvalue weighted by Crippen LogP contribution is -2.44. The van der Waals surface area contributed by atoms with Gasteiger partial charge in [-0.25, -0.2) is 4.79 Å². The number of nitrogens with one attached hydrogen (secondary N) is 1. The zero-order chi connectivity index (χ0) is 17.2. The van der Waals surface area contributed by atoms with Crippen LogP contribution in [-0.4, -0.2) is 54.9 Å². The van der Waals surface area contributed by atoms with Crippen molar-refractivity contribution in [1.82, 2.24) is 5.32 Å². The first-order valence-electron chi connectivity index (χ1n) is 7.89. The van der Waals surface area contributed by atoms with Crippen molar-refractivity contribution < 1.29 is 19.6 Å². The summed E-state index contributed by atoms with van der Waals surface area (Å²) < 4.78 is 5.45. The van der Waals surface area contributed by atoms with Gasteiger partial charge in [0.25, 0.3) is 0 Å². The van der Waals surface area contributed by atoms with E-state index < -0.39 is 18.7 Å². The van der Waals surface area contributed by atoms with Gasteiger partial charge < -0.3 is 25.0 Å². The topological polar surface area (TPSA) is 82.0 Å². The van der Waals surface area contributed by atoms with Gasteiger partial charge >= 0.3 is 13.1 Å². The van der Waals surface area contributed by atoms with Gasteiger partial charge in [0.2, 0.25) is 0 Å². The monoisotopic (exact) mass is 320 g/mol. The molecule has 1 aromatic carbocycles. The molecule has 1 aliphatic rings. The Hall–Kier alpha value is -1.57. The first-order chi connectivity index (χ1) is 10.7.